The fourth-order valence-corrected chi connectivity index (χ4v) is 2.67. The molecule has 0 N–H and O–H groups in total. The zero-order chi connectivity index (χ0) is 21.2. The second kappa shape index (κ2) is 11.8. The number of ether oxygens (including phenoxy) is 1. The van der Waals surface area contributed by atoms with E-state index in [4.69, 9.17) is 51.1 Å². The second-order valence-electron chi connectivity index (χ2n) is 5.64. The molecule has 0 radical (unpaired) electrons. The number of Topliss-reactive ketones (excluding diaryl/α,β-unsaturated/α-hetero) is 2. The molecule has 0 atom stereocenters. The molecule has 0 aliphatic rings. The number of alkyl halides is 4. The van der Waals surface area contributed by atoms with Crippen molar-refractivity contribution >= 4 is 58.0 Å². The van der Waals surface area contributed by atoms with Crippen molar-refractivity contribution in [1.82, 2.24) is 0 Å². The number of hydrogen-bond acceptors (Lipinski definition) is 3. The molecule has 7 heteroatoms. The Labute approximate surface area is 189 Å². The van der Waals surface area contributed by atoms with Crippen molar-refractivity contribution in [2.75, 3.05) is 0 Å². The van der Waals surface area contributed by atoms with E-state index < -0.39 is 9.67 Å². The molecule has 0 aromatic heterocycles. The van der Waals surface area contributed by atoms with Crippen LogP contribution in [-0.4, -0.2) is 21.2 Å². The SMILES string of the molecule is O=C(c1ccc(Oc2ccccc2)cc1)C(Cl)Cl.O=C(c1ccccc1)C(Cl)Cl. The van der Waals surface area contributed by atoms with Crippen molar-refractivity contribution in [2.45, 2.75) is 9.67 Å². The first-order chi connectivity index (χ1) is 13.9. The Morgan fingerprint density at radius 1 is 0.552 bits per heavy atom. The number of rotatable bonds is 6. The van der Waals surface area contributed by atoms with E-state index in [2.05, 4.69) is 0 Å². The van der Waals surface area contributed by atoms with Gasteiger partial charge in [0.1, 0.15) is 11.5 Å². The smallest absolute Gasteiger partial charge is 0.195 e. The maximum absolute atomic E-state index is 11.5. The summed E-state index contributed by atoms with van der Waals surface area (Å²) in [5.74, 6) is 0.820. The molecule has 3 nitrogen and oxygen atoms in total. The van der Waals surface area contributed by atoms with Gasteiger partial charge in [-0.3, -0.25) is 9.59 Å². The van der Waals surface area contributed by atoms with Crippen molar-refractivity contribution in [3.63, 3.8) is 0 Å². The van der Waals surface area contributed by atoms with Crippen molar-refractivity contribution < 1.29 is 14.3 Å². The number of benzene rings is 3. The molecule has 29 heavy (non-hydrogen) atoms. The molecule has 0 heterocycles. The number of ketones is 2. The van der Waals surface area contributed by atoms with Crippen LogP contribution in [0.3, 0.4) is 0 Å². The Kier molecular flexibility index (Phi) is 9.49. The number of carbonyl (C=O) groups is 2. The van der Waals surface area contributed by atoms with E-state index in [9.17, 15) is 9.59 Å². The molecule has 0 saturated carbocycles. The summed E-state index contributed by atoms with van der Waals surface area (Å²) in [6, 6.07) is 24.8. The van der Waals surface area contributed by atoms with E-state index in [1.54, 1.807) is 48.5 Å². The van der Waals surface area contributed by atoms with Gasteiger partial charge in [-0.2, -0.15) is 0 Å². The minimum Gasteiger partial charge on any atom is -0.457 e. The molecule has 3 rings (SSSR count). The molecule has 0 amide bonds. The highest BCUT2D eigenvalue weighted by molar-refractivity contribution is 6.55. The van der Waals surface area contributed by atoms with Crippen LogP contribution in [0.25, 0.3) is 0 Å². The Bertz CT molecular complexity index is 912. The first-order valence-electron chi connectivity index (χ1n) is 8.41. The maximum atomic E-state index is 11.5. The molecule has 0 unspecified atom stereocenters. The molecule has 0 fully saturated rings. The zero-order valence-corrected chi connectivity index (χ0v) is 18.0. The first kappa shape index (κ1) is 23.2. The van der Waals surface area contributed by atoms with Gasteiger partial charge in [0.05, 0.1) is 0 Å². The average molecular weight is 470 g/mol. The lowest BCUT2D eigenvalue weighted by molar-refractivity contribution is 0.0999. The quantitative estimate of drug-likeness (QED) is 0.284. The Morgan fingerprint density at radius 3 is 1.38 bits per heavy atom. The van der Waals surface area contributed by atoms with Gasteiger partial charge in [0.15, 0.2) is 21.2 Å². The van der Waals surface area contributed by atoms with E-state index in [0.29, 0.717) is 16.9 Å². The topological polar surface area (TPSA) is 43.4 Å². The van der Waals surface area contributed by atoms with Crippen LogP contribution in [0.2, 0.25) is 0 Å². The number of hydrogen-bond donors (Lipinski definition) is 0. The highest BCUT2D eigenvalue weighted by Crippen LogP contribution is 2.22. The zero-order valence-electron chi connectivity index (χ0n) is 15.0. The van der Waals surface area contributed by atoms with Gasteiger partial charge < -0.3 is 4.74 Å². The molecule has 150 valence electrons. The van der Waals surface area contributed by atoms with Crippen LogP contribution >= 0.6 is 46.4 Å². The summed E-state index contributed by atoms with van der Waals surface area (Å²) in [5.41, 5.74) is 1.01. The molecule has 3 aromatic carbocycles. The molecule has 0 aliphatic heterocycles. The summed E-state index contributed by atoms with van der Waals surface area (Å²) in [4.78, 5) is 20.6. The summed E-state index contributed by atoms with van der Waals surface area (Å²) < 4.78 is 5.60. The van der Waals surface area contributed by atoms with Crippen LogP contribution in [0.5, 0.6) is 11.5 Å². The number of para-hydroxylation sites is 1. The van der Waals surface area contributed by atoms with Gasteiger partial charge in [-0.25, -0.2) is 0 Å². The Hall–Kier alpha value is -2.04. The lowest BCUT2D eigenvalue weighted by Crippen LogP contribution is -2.07. The molecule has 0 aliphatic carbocycles. The van der Waals surface area contributed by atoms with Crippen molar-refractivity contribution in [3.8, 4) is 11.5 Å². The van der Waals surface area contributed by atoms with E-state index in [1.807, 2.05) is 36.4 Å². The number of carbonyl (C=O) groups excluding carboxylic acids is 2. The van der Waals surface area contributed by atoms with Crippen LogP contribution in [0.4, 0.5) is 0 Å². The lowest BCUT2D eigenvalue weighted by Gasteiger charge is -2.06. The van der Waals surface area contributed by atoms with Crippen LogP contribution in [0.15, 0.2) is 84.9 Å². The predicted octanol–water partition coefficient (Wildman–Crippen LogP) is 7.14. The van der Waals surface area contributed by atoms with Crippen molar-refractivity contribution in [2.24, 2.45) is 0 Å². The largest absolute Gasteiger partial charge is 0.457 e. The first-order valence-corrected chi connectivity index (χ1v) is 10.2. The Morgan fingerprint density at radius 2 is 0.931 bits per heavy atom. The lowest BCUT2D eigenvalue weighted by atomic mass is 10.1. The molecular weight excluding hydrogens is 454 g/mol. The highest BCUT2D eigenvalue weighted by Gasteiger charge is 2.14. The van der Waals surface area contributed by atoms with Gasteiger partial charge in [0.25, 0.3) is 0 Å². The average Bonchev–Trinajstić information content (AvgIpc) is 2.75. The second-order valence-corrected chi connectivity index (χ2v) is 7.83. The Balaban J connectivity index is 0.000000234. The summed E-state index contributed by atoms with van der Waals surface area (Å²) in [7, 11) is 0. The fourth-order valence-electron chi connectivity index (χ4n) is 2.17. The van der Waals surface area contributed by atoms with Crippen molar-refractivity contribution in [1.29, 1.82) is 0 Å². The maximum Gasteiger partial charge on any atom is 0.195 e. The van der Waals surface area contributed by atoms with E-state index in [0.717, 1.165) is 5.75 Å². The van der Waals surface area contributed by atoms with Crippen molar-refractivity contribution in [3.05, 3.63) is 96.1 Å². The van der Waals surface area contributed by atoms with Crippen LogP contribution in [-0.2, 0) is 0 Å². The normalized spacial score (nSPS) is 10.3. The summed E-state index contributed by atoms with van der Waals surface area (Å²) in [6.07, 6.45) is 0. The van der Waals surface area contributed by atoms with E-state index in [-0.39, 0.29) is 11.6 Å². The molecule has 0 bridgehead atoms. The highest BCUT2D eigenvalue weighted by atomic mass is 35.5. The third-order valence-electron chi connectivity index (χ3n) is 3.57. The molecule has 3 aromatic rings. The van der Waals surface area contributed by atoms with Gasteiger partial charge in [-0.15, -0.1) is 0 Å². The van der Waals surface area contributed by atoms with E-state index in [1.165, 1.54) is 0 Å². The van der Waals surface area contributed by atoms with E-state index >= 15 is 0 Å². The van der Waals surface area contributed by atoms with Gasteiger partial charge in [0, 0.05) is 11.1 Å². The summed E-state index contributed by atoms with van der Waals surface area (Å²) >= 11 is 21.8. The molecular formula is C22H16Cl4O3. The van der Waals surface area contributed by atoms with Gasteiger partial charge >= 0.3 is 0 Å². The van der Waals surface area contributed by atoms with Gasteiger partial charge in [-0.1, -0.05) is 94.9 Å². The molecule has 0 spiro atoms. The van der Waals surface area contributed by atoms with Gasteiger partial charge in [-0.05, 0) is 36.4 Å². The number of halogens is 4. The summed E-state index contributed by atoms with van der Waals surface area (Å²) in [6.45, 7) is 0. The van der Waals surface area contributed by atoms with Crippen LogP contribution in [0.1, 0.15) is 20.7 Å². The predicted molar refractivity (Wildman–Crippen MR) is 119 cm³/mol. The van der Waals surface area contributed by atoms with Crippen LogP contribution in [0, 0.1) is 0 Å². The minimum atomic E-state index is -1.04. The fraction of sp³-hybridized carbons (Fsp3) is 0.0909. The standard InChI is InChI=1S/C14H10Cl2O2.C8H6Cl2O/c15-14(16)13(17)10-6-8-12(9-7-10)18-11-4-2-1-3-5-11;9-8(10)7(11)6-4-2-1-3-5-6/h1-9,14H;1-5,8H. The minimum absolute atomic E-state index is 0.256. The monoisotopic (exact) mass is 468 g/mol. The van der Waals surface area contributed by atoms with Gasteiger partial charge in [0.2, 0.25) is 0 Å². The molecule has 0 saturated heterocycles. The third kappa shape index (κ3) is 7.71. The summed E-state index contributed by atoms with van der Waals surface area (Å²) in [5, 5.41) is 0. The third-order valence-corrected chi connectivity index (χ3v) is 4.37. The van der Waals surface area contributed by atoms with Crippen LogP contribution < -0.4 is 4.74 Å².